The van der Waals surface area contributed by atoms with E-state index in [-0.39, 0.29) is 5.92 Å². The summed E-state index contributed by atoms with van der Waals surface area (Å²) in [5.41, 5.74) is 4.75. The predicted octanol–water partition coefficient (Wildman–Crippen LogP) is 5.44. The molecule has 1 aliphatic rings. The number of hydrogen-bond donors (Lipinski definition) is 1. The van der Waals surface area contributed by atoms with Gasteiger partial charge in [0.25, 0.3) is 0 Å². The van der Waals surface area contributed by atoms with E-state index in [9.17, 15) is 13.2 Å². The predicted molar refractivity (Wildman–Crippen MR) is 97.1 cm³/mol. The van der Waals surface area contributed by atoms with Gasteiger partial charge in [-0.15, -0.1) is 0 Å². The lowest BCUT2D eigenvalue weighted by Crippen LogP contribution is -2.09. The molecule has 136 valence electrons. The zero-order valence-electron chi connectivity index (χ0n) is 14.9. The second-order valence-corrected chi connectivity index (χ2v) is 7.14. The summed E-state index contributed by atoms with van der Waals surface area (Å²) in [5.74, 6) is 0.158. The number of benzene rings is 1. The van der Waals surface area contributed by atoms with Crippen LogP contribution in [0.25, 0.3) is 16.7 Å². The fraction of sp³-hybridized carbons (Fsp3) is 0.350. The first-order valence-electron chi connectivity index (χ1n) is 8.73. The highest BCUT2D eigenvalue weighted by molar-refractivity contribution is 5.81. The molecule has 4 rings (SSSR count). The first kappa shape index (κ1) is 16.9. The van der Waals surface area contributed by atoms with Crippen molar-refractivity contribution in [1.29, 1.82) is 0 Å². The van der Waals surface area contributed by atoms with Gasteiger partial charge in [0.05, 0.1) is 0 Å². The minimum atomic E-state index is -4.46. The third-order valence-corrected chi connectivity index (χ3v) is 4.92. The van der Waals surface area contributed by atoms with E-state index in [1.54, 1.807) is 0 Å². The van der Waals surface area contributed by atoms with Gasteiger partial charge in [-0.1, -0.05) is 13.8 Å². The molecule has 0 unspecified atom stereocenters. The van der Waals surface area contributed by atoms with Crippen LogP contribution in [0.4, 0.5) is 18.9 Å². The van der Waals surface area contributed by atoms with Crippen molar-refractivity contribution in [3.63, 3.8) is 0 Å². The molecule has 0 spiro atoms. The molecule has 0 radical (unpaired) electrons. The molecule has 3 heterocycles. The standard InChI is InChI=1S/C20H20F3N3/c1-11(2)16-10-14-4-5-17(20(21,22)23)25-19(14)26(16)15-8-12(3)18-13(9-15)6-7-24-18/h4-5,8-11,24H,6-7H2,1-3H3. The maximum atomic E-state index is 13.2. The van der Waals surface area contributed by atoms with E-state index in [0.717, 1.165) is 47.1 Å². The molecule has 1 aliphatic heterocycles. The number of nitrogens with zero attached hydrogens (tertiary/aromatic N) is 2. The molecule has 6 heteroatoms. The lowest BCUT2D eigenvalue weighted by atomic mass is 10.1. The molecular formula is C20H20F3N3. The van der Waals surface area contributed by atoms with Crippen molar-refractivity contribution in [1.82, 2.24) is 9.55 Å². The van der Waals surface area contributed by atoms with Gasteiger partial charge in [0, 0.05) is 29.0 Å². The Bertz CT molecular complexity index is 1000. The lowest BCUT2D eigenvalue weighted by Gasteiger charge is -2.16. The molecule has 0 saturated heterocycles. The molecule has 0 bridgehead atoms. The normalized spacial score (nSPS) is 14.1. The summed E-state index contributed by atoms with van der Waals surface area (Å²) in [6, 6.07) is 8.58. The zero-order chi connectivity index (χ0) is 18.6. The van der Waals surface area contributed by atoms with Gasteiger partial charge in [-0.05, 0) is 60.7 Å². The Morgan fingerprint density at radius 2 is 1.92 bits per heavy atom. The van der Waals surface area contributed by atoms with E-state index >= 15 is 0 Å². The number of aromatic nitrogens is 2. The fourth-order valence-electron chi connectivity index (χ4n) is 3.69. The average molecular weight is 359 g/mol. The van der Waals surface area contributed by atoms with Crippen molar-refractivity contribution in [3.8, 4) is 5.69 Å². The van der Waals surface area contributed by atoms with E-state index in [1.807, 2.05) is 37.5 Å². The van der Waals surface area contributed by atoms with Gasteiger partial charge in [0.15, 0.2) is 0 Å². The summed E-state index contributed by atoms with van der Waals surface area (Å²) in [6.45, 7) is 6.99. The minimum absolute atomic E-state index is 0.158. The van der Waals surface area contributed by atoms with Crippen LogP contribution >= 0.6 is 0 Å². The van der Waals surface area contributed by atoms with Gasteiger partial charge in [-0.2, -0.15) is 13.2 Å². The summed E-state index contributed by atoms with van der Waals surface area (Å²) >= 11 is 0. The van der Waals surface area contributed by atoms with Gasteiger partial charge >= 0.3 is 6.18 Å². The lowest BCUT2D eigenvalue weighted by molar-refractivity contribution is -0.141. The Kier molecular flexibility index (Phi) is 3.75. The molecule has 1 N–H and O–H groups in total. The summed E-state index contributed by atoms with van der Waals surface area (Å²) < 4.78 is 41.4. The number of nitrogens with one attached hydrogen (secondary N) is 1. The Morgan fingerprint density at radius 1 is 1.15 bits per heavy atom. The molecule has 0 fully saturated rings. The Morgan fingerprint density at radius 3 is 2.62 bits per heavy atom. The van der Waals surface area contributed by atoms with Crippen LogP contribution in [-0.4, -0.2) is 16.1 Å². The van der Waals surface area contributed by atoms with E-state index in [1.165, 1.54) is 11.6 Å². The van der Waals surface area contributed by atoms with Crippen LogP contribution in [-0.2, 0) is 12.6 Å². The average Bonchev–Trinajstić information content (AvgIpc) is 3.17. The molecule has 0 amide bonds. The van der Waals surface area contributed by atoms with Gasteiger partial charge in [-0.3, -0.25) is 4.57 Å². The van der Waals surface area contributed by atoms with Crippen molar-refractivity contribution in [3.05, 3.63) is 52.8 Å². The second-order valence-electron chi connectivity index (χ2n) is 7.14. The molecule has 0 atom stereocenters. The van der Waals surface area contributed by atoms with Gasteiger partial charge in [0.2, 0.25) is 0 Å². The van der Waals surface area contributed by atoms with Crippen LogP contribution in [0.2, 0.25) is 0 Å². The molecular weight excluding hydrogens is 339 g/mol. The van der Waals surface area contributed by atoms with Crippen molar-refractivity contribution >= 4 is 16.7 Å². The summed E-state index contributed by atoms with van der Waals surface area (Å²) in [5, 5.41) is 4.09. The van der Waals surface area contributed by atoms with E-state index in [0.29, 0.717) is 5.65 Å². The number of alkyl halides is 3. The summed E-state index contributed by atoms with van der Waals surface area (Å²) in [6.07, 6.45) is -3.54. The Balaban J connectivity index is 2.01. The van der Waals surface area contributed by atoms with E-state index < -0.39 is 11.9 Å². The Hall–Kier alpha value is -2.50. The minimum Gasteiger partial charge on any atom is -0.384 e. The largest absolute Gasteiger partial charge is 0.433 e. The topological polar surface area (TPSA) is 29.9 Å². The molecule has 26 heavy (non-hydrogen) atoms. The van der Waals surface area contributed by atoms with E-state index in [2.05, 4.69) is 16.4 Å². The van der Waals surface area contributed by atoms with Gasteiger partial charge < -0.3 is 5.32 Å². The van der Waals surface area contributed by atoms with Crippen LogP contribution in [0.1, 0.15) is 42.3 Å². The molecule has 1 aromatic carbocycles. The maximum Gasteiger partial charge on any atom is 0.433 e. The number of fused-ring (bicyclic) bond motifs is 2. The summed E-state index contributed by atoms with van der Waals surface area (Å²) in [4.78, 5) is 3.97. The third-order valence-electron chi connectivity index (χ3n) is 4.92. The van der Waals surface area contributed by atoms with Crippen LogP contribution in [0.3, 0.4) is 0 Å². The van der Waals surface area contributed by atoms with Crippen molar-refractivity contribution in [2.24, 2.45) is 0 Å². The number of hydrogen-bond acceptors (Lipinski definition) is 2. The van der Waals surface area contributed by atoms with E-state index in [4.69, 9.17) is 0 Å². The summed E-state index contributed by atoms with van der Waals surface area (Å²) in [7, 11) is 0. The number of anilines is 1. The van der Waals surface area contributed by atoms with Crippen molar-refractivity contribution in [2.75, 3.05) is 11.9 Å². The number of rotatable bonds is 2. The highest BCUT2D eigenvalue weighted by Gasteiger charge is 2.33. The fourth-order valence-corrected chi connectivity index (χ4v) is 3.69. The van der Waals surface area contributed by atoms with Gasteiger partial charge in [0.1, 0.15) is 11.3 Å². The zero-order valence-corrected chi connectivity index (χ0v) is 14.9. The molecule has 3 aromatic rings. The number of pyridine rings is 1. The SMILES string of the molecule is Cc1cc(-n2c(C(C)C)cc3ccc(C(F)(F)F)nc32)cc2c1NCC2. The van der Waals surface area contributed by atoms with Crippen molar-refractivity contribution < 1.29 is 13.2 Å². The van der Waals surface area contributed by atoms with Crippen LogP contribution in [0.15, 0.2) is 30.3 Å². The van der Waals surface area contributed by atoms with Crippen LogP contribution in [0, 0.1) is 6.92 Å². The highest BCUT2D eigenvalue weighted by Crippen LogP contribution is 2.35. The molecule has 2 aromatic heterocycles. The van der Waals surface area contributed by atoms with Crippen molar-refractivity contribution in [2.45, 2.75) is 39.3 Å². The first-order valence-corrected chi connectivity index (χ1v) is 8.73. The van der Waals surface area contributed by atoms with Crippen LogP contribution in [0.5, 0.6) is 0 Å². The van der Waals surface area contributed by atoms with Gasteiger partial charge in [-0.25, -0.2) is 4.98 Å². The quantitative estimate of drug-likeness (QED) is 0.660. The molecule has 3 nitrogen and oxygen atoms in total. The first-order chi connectivity index (χ1) is 12.3. The maximum absolute atomic E-state index is 13.2. The highest BCUT2D eigenvalue weighted by atomic mass is 19.4. The Labute approximate surface area is 149 Å². The monoisotopic (exact) mass is 359 g/mol. The third kappa shape index (κ3) is 2.64. The van der Waals surface area contributed by atoms with Crippen LogP contribution < -0.4 is 5.32 Å². The number of halogens is 3. The molecule has 0 saturated carbocycles. The molecule has 0 aliphatic carbocycles. The smallest absolute Gasteiger partial charge is 0.384 e. The second kappa shape index (κ2) is 5.76. The number of aryl methyl sites for hydroxylation is 1.